The zero-order valence-electron chi connectivity index (χ0n) is 8.63. The first-order valence-electron chi connectivity index (χ1n) is 4.84. The largest absolute Gasteiger partial charge is 0.379 e. The molecule has 1 rings (SSSR count). The van der Waals surface area contributed by atoms with E-state index in [0.29, 0.717) is 25.4 Å². The van der Waals surface area contributed by atoms with Crippen molar-refractivity contribution in [2.75, 3.05) is 19.8 Å². The van der Waals surface area contributed by atoms with Crippen LogP contribution in [0.3, 0.4) is 0 Å². The lowest BCUT2D eigenvalue weighted by Crippen LogP contribution is -2.05. The number of halogens is 2. The average Bonchev–Trinajstić information content (AvgIpc) is 2.21. The van der Waals surface area contributed by atoms with Gasteiger partial charge in [0.1, 0.15) is 5.82 Å². The Bertz CT molecular complexity index is 284. The van der Waals surface area contributed by atoms with E-state index in [9.17, 15) is 4.39 Å². The summed E-state index contributed by atoms with van der Waals surface area (Å²) < 4.78 is 24.4. The Morgan fingerprint density at radius 2 is 2.00 bits per heavy atom. The second-order valence-corrected chi connectivity index (χ2v) is 3.80. The molecule has 1 aromatic carbocycles. The fourth-order valence-electron chi connectivity index (χ4n) is 1.11. The van der Waals surface area contributed by atoms with Gasteiger partial charge in [0.25, 0.3) is 0 Å². The predicted molar refractivity (Wildman–Crippen MR) is 60.2 cm³/mol. The van der Waals surface area contributed by atoms with Crippen LogP contribution in [0.15, 0.2) is 22.7 Å². The van der Waals surface area contributed by atoms with Crippen LogP contribution >= 0.6 is 15.9 Å². The molecule has 0 spiro atoms. The lowest BCUT2D eigenvalue weighted by Gasteiger charge is -2.07. The highest BCUT2D eigenvalue weighted by molar-refractivity contribution is 9.10. The van der Waals surface area contributed by atoms with Crippen molar-refractivity contribution in [3.05, 3.63) is 34.1 Å². The van der Waals surface area contributed by atoms with Crippen LogP contribution in [0.25, 0.3) is 0 Å². The van der Waals surface area contributed by atoms with E-state index in [1.165, 1.54) is 6.07 Å². The molecule has 1 aromatic rings. The fraction of sp³-hybridized carbons (Fsp3) is 0.455. The summed E-state index contributed by atoms with van der Waals surface area (Å²) in [5, 5.41) is 0. The molecule has 0 saturated heterocycles. The summed E-state index contributed by atoms with van der Waals surface area (Å²) in [7, 11) is 0. The van der Waals surface area contributed by atoms with Gasteiger partial charge in [-0.05, 0) is 19.1 Å². The molecule has 0 atom stereocenters. The summed E-state index contributed by atoms with van der Waals surface area (Å²) in [6.07, 6.45) is 0. The van der Waals surface area contributed by atoms with Gasteiger partial charge in [-0.25, -0.2) is 4.39 Å². The minimum absolute atomic E-state index is 0.249. The molecule has 0 radical (unpaired) electrons. The lowest BCUT2D eigenvalue weighted by molar-refractivity contribution is 0.0441. The topological polar surface area (TPSA) is 18.5 Å². The molecule has 0 N–H and O–H groups in total. The molecule has 4 heteroatoms. The van der Waals surface area contributed by atoms with Gasteiger partial charge >= 0.3 is 0 Å². The van der Waals surface area contributed by atoms with Crippen molar-refractivity contribution in [2.24, 2.45) is 0 Å². The third-order valence-electron chi connectivity index (χ3n) is 1.88. The van der Waals surface area contributed by atoms with Crippen LogP contribution in [0, 0.1) is 5.82 Å². The van der Waals surface area contributed by atoms with Gasteiger partial charge in [0, 0.05) is 16.6 Å². The maximum absolute atomic E-state index is 13.3. The molecule has 0 aliphatic heterocycles. The summed E-state index contributed by atoms with van der Waals surface area (Å²) >= 11 is 3.28. The number of hydrogen-bond donors (Lipinski definition) is 0. The standard InChI is InChI=1S/C11H14BrFO2/c1-2-14-6-7-15-8-9-10(12)4-3-5-11(9)13/h3-5H,2,6-8H2,1H3. The van der Waals surface area contributed by atoms with Gasteiger partial charge in [0.15, 0.2) is 0 Å². The minimum Gasteiger partial charge on any atom is -0.379 e. The molecule has 0 amide bonds. The highest BCUT2D eigenvalue weighted by Gasteiger charge is 2.05. The van der Waals surface area contributed by atoms with Crippen molar-refractivity contribution in [3.8, 4) is 0 Å². The van der Waals surface area contributed by atoms with Crippen molar-refractivity contribution in [3.63, 3.8) is 0 Å². The first kappa shape index (κ1) is 12.6. The predicted octanol–water partition coefficient (Wildman–Crippen LogP) is 3.14. The zero-order valence-corrected chi connectivity index (χ0v) is 10.2. The van der Waals surface area contributed by atoms with Gasteiger partial charge in [-0.2, -0.15) is 0 Å². The maximum atomic E-state index is 13.3. The van der Waals surface area contributed by atoms with Gasteiger partial charge in [0.05, 0.1) is 19.8 Å². The summed E-state index contributed by atoms with van der Waals surface area (Å²) in [4.78, 5) is 0. The quantitative estimate of drug-likeness (QED) is 0.744. The second-order valence-electron chi connectivity index (χ2n) is 2.95. The van der Waals surface area contributed by atoms with Crippen LogP contribution < -0.4 is 0 Å². The molecule has 2 nitrogen and oxygen atoms in total. The summed E-state index contributed by atoms with van der Waals surface area (Å²) in [5.41, 5.74) is 0.550. The van der Waals surface area contributed by atoms with E-state index in [-0.39, 0.29) is 12.4 Å². The smallest absolute Gasteiger partial charge is 0.129 e. The average molecular weight is 277 g/mol. The van der Waals surface area contributed by atoms with E-state index in [4.69, 9.17) is 9.47 Å². The van der Waals surface area contributed by atoms with Crippen molar-refractivity contribution < 1.29 is 13.9 Å². The van der Waals surface area contributed by atoms with Crippen LogP contribution in [0.2, 0.25) is 0 Å². The van der Waals surface area contributed by atoms with Gasteiger partial charge in [-0.1, -0.05) is 22.0 Å². The molecule has 0 heterocycles. The molecule has 0 fully saturated rings. The molecule has 0 unspecified atom stereocenters. The molecule has 0 bridgehead atoms. The van der Waals surface area contributed by atoms with E-state index in [2.05, 4.69) is 15.9 Å². The molecule has 15 heavy (non-hydrogen) atoms. The molecular weight excluding hydrogens is 263 g/mol. The monoisotopic (exact) mass is 276 g/mol. The zero-order chi connectivity index (χ0) is 11.1. The van der Waals surface area contributed by atoms with E-state index in [1.807, 2.05) is 6.92 Å². The molecular formula is C11H14BrFO2. The van der Waals surface area contributed by atoms with Crippen molar-refractivity contribution in [1.29, 1.82) is 0 Å². The van der Waals surface area contributed by atoms with Gasteiger partial charge in [0.2, 0.25) is 0 Å². The summed E-state index contributed by atoms with van der Waals surface area (Å²) in [6, 6.07) is 4.87. The normalized spacial score (nSPS) is 10.6. The Kier molecular flexibility index (Phi) is 5.83. The Morgan fingerprint density at radius 1 is 1.27 bits per heavy atom. The van der Waals surface area contributed by atoms with Gasteiger partial charge in [-0.3, -0.25) is 0 Å². The number of hydrogen-bond acceptors (Lipinski definition) is 2. The van der Waals surface area contributed by atoms with E-state index in [0.717, 1.165) is 4.47 Å². The van der Waals surface area contributed by atoms with Crippen LogP contribution in [-0.4, -0.2) is 19.8 Å². The highest BCUT2D eigenvalue weighted by Crippen LogP contribution is 2.20. The summed E-state index contributed by atoms with van der Waals surface area (Å²) in [5.74, 6) is -0.249. The van der Waals surface area contributed by atoms with Crippen molar-refractivity contribution >= 4 is 15.9 Å². The van der Waals surface area contributed by atoms with Gasteiger partial charge in [-0.15, -0.1) is 0 Å². The Balaban J connectivity index is 2.37. The minimum atomic E-state index is -0.249. The highest BCUT2D eigenvalue weighted by atomic mass is 79.9. The first-order chi connectivity index (χ1) is 7.25. The number of ether oxygens (including phenoxy) is 2. The van der Waals surface area contributed by atoms with Crippen LogP contribution in [0.4, 0.5) is 4.39 Å². The van der Waals surface area contributed by atoms with Crippen molar-refractivity contribution in [1.82, 2.24) is 0 Å². The van der Waals surface area contributed by atoms with Crippen LogP contribution in [0.1, 0.15) is 12.5 Å². The Labute approximate surface area is 97.5 Å². The van der Waals surface area contributed by atoms with E-state index >= 15 is 0 Å². The maximum Gasteiger partial charge on any atom is 0.129 e. The Hall–Kier alpha value is -0.450. The SMILES string of the molecule is CCOCCOCc1c(F)cccc1Br. The Morgan fingerprint density at radius 3 is 2.67 bits per heavy atom. The second kappa shape index (κ2) is 6.93. The molecule has 0 saturated carbocycles. The molecule has 0 aliphatic carbocycles. The van der Waals surface area contributed by atoms with Gasteiger partial charge < -0.3 is 9.47 Å². The molecule has 84 valence electrons. The van der Waals surface area contributed by atoms with Crippen molar-refractivity contribution in [2.45, 2.75) is 13.5 Å². The van der Waals surface area contributed by atoms with E-state index in [1.54, 1.807) is 12.1 Å². The lowest BCUT2D eigenvalue weighted by atomic mass is 10.2. The molecule has 0 aliphatic rings. The van der Waals surface area contributed by atoms with Crippen LogP contribution in [-0.2, 0) is 16.1 Å². The first-order valence-corrected chi connectivity index (χ1v) is 5.63. The van der Waals surface area contributed by atoms with E-state index < -0.39 is 0 Å². The van der Waals surface area contributed by atoms with Crippen LogP contribution in [0.5, 0.6) is 0 Å². The summed E-state index contributed by atoms with van der Waals surface area (Å²) in [6.45, 7) is 3.89. The third-order valence-corrected chi connectivity index (χ3v) is 2.63. The number of benzene rings is 1. The molecule has 0 aromatic heterocycles. The fourth-order valence-corrected chi connectivity index (χ4v) is 1.56. The number of rotatable bonds is 6. The third kappa shape index (κ3) is 4.28.